The second-order valence-electron chi connectivity index (χ2n) is 7.68. The lowest BCUT2D eigenvalue weighted by molar-refractivity contribution is -0.331. The SMILES string of the molecule is CCCCCCCC/C=C\CCCCCCCC([O-])=NCCCC[P+]([O-])([O-])O. The third-order valence-electron chi connectivity index (χ3n) is 4.79. The Labute approximate surface area is 173 Å². The predicted molar refractivity (Wildman–Crippen MR) is 115 cm³/mol. The maximum absolute atomic E-state index is 11.6. The van der Waals surface area contributed by atoms with Crippen LogP contribution < -0.4 is 14.9 Å². The van der Waals surface area contributed by atoms with Gasteiger partial charge in [-0.3, -0.25) is 4.89 Å². The third kappa shape index (κ3) is 23.6. The van der Waals surface area contributed by atoms with E-state index in [1.54, 1.807) is 0 Å². The third-order valence-corrected chi connectivity index (χ3v) is 5.67. The highest BCUT2D eigenvalue weighted by molar-refractivity contribution is 7.55. The molecule has 0 aromatic carbocycles. The van der Waals surface area contributed by atoms with Crippen molar-refractivity contribution in [2.75, 3.05) is 12.7 Å². The highest BCUT2D eigenvalue weighted by Gasteiger charge is 2.05. The quantitative estimate of drug-likeness (QED) is 0.107. The van der Waals surface area contributed by atoms with Gasteiger partial charge in [0.15, 0.2) is 0 Å². The Morgan fingerprint density at radius 2 is 1.32 bits per heavy atom. The lowest BCUT2D eigenvalue weighted by Gasteiger charge is -2.27. The molecule has 0 aliphatic carbocycles. The monoisotopic (exact) mass is 415 g/mol. The van der Waals surface area contributed by atoms with Gasteiger partial charge < -0.3 is 19.9 Å². The molecule has 0 heterocycles. The summed E-state index contributed by atoms with van der Waals surface area (Å²) >= 11 is 0. The highest BCUT2D eigenvalue weighted by atomic mass is 31.2. The second-order valence-corrected chi connectivity index (χ2v) is 9.40. The normalized spacial score (nSPS) is 12.9. The van der Waals surface area contributed by atoms with Gasteiger partial charge in [0.1, 0.15) is 0 Å². The standard InChI is InChI=1S/C22H44NO4P/c1-2-3-4-5-6-7-8-9-10-11-12-13-14-15-16-19-22(24)23-20-17-18-21-28(25,26)27/h9-10H,2-8,11-21H2,1H3,(H,23,24)(H2,25,26,27)/p-2/b10-9-. The zero-order chi connectivity index (χ0) is 20.9. The molecule has 0 aliphatic rings. The van der Waals surface area contributed by atoms with E-state index in [9.17, 15) is 14.9 Å². The summed E-state index contributed by atoms with van der Waals surface area (Å²) in [6.07, 6.45) is 21.8. The second kappa shape index (κ2) is 19.8. The molecular formula is C22H42NO4P-2. The molecule has 166 valence electrons. The van der Waals surface area contributed by atoms with Crippen LogP contribution in [0.5, 0.6) is 0 Å². The highest BCUT2D eigenvalue weighted by Crippen LogP contribution is 2.34. The van der Waals surface area contributed by atoms with E-state index in [0.717, 1.165) is 25.7 Å². The predicted octanol–water partition coefficient (Wildman–Crippen LogP) is 4.04. The van der Waals surface area contributed by atoms with Crippen molar-refractivity contribution in [3.8, 4) is 0 Å². The van der Waals surface area contributed by atoms with Gasteiger partial charge in [0.25, 0.3) is 0 Å². The molecule has 0 rings (SSSR count). The molecule has 5 nitrogen and oxygen atoms in total. The fraction of sp³-hybridized carbons (Fsp3) is 0.864. The smallest absolute Gasteiger partial charge is 0.0763 e. The number of unbranched alkanes of at least 4 members (excludes halogenated alkanes) is 12. The Morgan fingerprint density at radius 3 is 1.89 bits per heavy atom. The molecule has 0 aromatic rings. The van der Waals surface area contributed by atoms with E-state index in [1.807, 2.05) is 0 Å². The van der Waals surface area contributed by atoms with Crippen LogP contribution in [0.3, 0.4) is 0 Å². The van der Waals surface area contributed by atoms with Crippen LogP contribution in [0.4, 0.5) is 0 Å². The summed E-state index contributed by atoms with van der Waals surface area (Å²) in [4.78, 5) is 33.7. The van der Waals surface area contributed by atoms with Gasteiger partial charge in [-0.25, -0.2) is 0 Å². The first kappa shape index (κ1) is 27.5. The number of rotatable bonds is 20. The van der Waals surface area contributed by atoms with E-state index in [1.165, 1.54) is 57.8 Å². The summed E-state index contributed by atoms with van der Waals surface area (Å²) in [5.74, 6) is -0.0908. The molecule has 0 saturated carbocycles. The zero-order valence-corrected chi connectivity index (χ0v) is 18.8. The Morgan fingerprint density at radius 1 is 0.786 bits per heavy atom. The van der Waals surface area contributed by atoms with E-state index in [0.29, 0.717) is 25.8 Å². The van der Waals surface area contributed by atoms with Crippen molar-refractivity contribution in [1.29, 1.82) is 0 Å². The molecule has 1 N–H and O–H groups in total. The first-order valence-electron chi connectivity index (χ1n) is 11.3. The Balaban J connectivity index is 3.33. The Bertz CT molecular complexity index is 394. The Hall–Kier alpha value is -0.480. The van der Waals surface area contributed by atoms with Crippen molar-refractivity contribution in [2.45, 2.75) is 110 Å². The van der Waals surface area contributed by atoms with E-state index in [4.69, 9.17) is 4.89 Å². The number of aliphatic imine (C=N–C) groups is 1. The maximum Gasteiger partial charge on any atom is 0.0763 e. The van der Waals surface area contributed by atoms with Crippen LogP contribution in [0.15, 0.2) is 17.1 Å². The van der Waals surface area contributed by atoms with Gasteiger partial charge in [-0.05, 0) is 57.3 Å². The molecule has 0 unspecified atom stereocenters. The largest absolute Gasteiger partial charge is 0.862 e. The van der Waals surface area contributed by atoms with Crippen LogP contribution in [0.25, 0.3) is 0 Å². The maximum atomic E-state index is 11.6. The average Bonchev–Trinajstić information content (AvgIpc) is 2.63. The molecule has 0 amide bonds. The van der Waals surface area contributed by atoms with Gasteiger partial charge in [-0.1, -0.05) is 70.4 Å². The minimum absolute atomic E-state index is 0.0908. The van der Waals surface area contributed by atoms with Crippen LogP contribution in [-0.4, -0.2) is 23.5 Å². The van der Waals surface area contributed by atoms with Crippen molar-refractivity contribution in [3.05, 3.63) is 12.2 Å². The molecule has 0 bridgehead atoms. The van der Waals surface area contributed by atoms with Crippen molar-refractivity contribution < 1.29 is 19.8 Å². The van der Waals surface area contributed by atoms with Crippen LogP contribution in [0.1, 0.15) is 110 Å². The molecule has 0 fully saturated rings. The summed E-state index contributed by atoms with van der Waals surface area (Å²) in [5, 5.41) is 11.6. The molecule has 0 atom stereocenters. The molecule has 28 heavy (non-hydrogen) atoms. The van der Waals surface area contributed by atoms with Gasteiger partial charge in [0.2, 0.25) is 0 Å². The molecular weight excluding hydrogens is 373 g/mol. The molecule has 0 aliphatic heterocycles. The topological polar surface area (TPSA) is 102 Å². The van der Waals surface area contributed by atoms with Crippen LogP contribution in [-0.2, 0) is 0 Å². The first-order chi connectivity index (χ1) is 13.5. The van der Waals surface area contributed by atoms with E-state index < -0.39 is 7.94 Å². The molecule has 6 heteroatoms. The lowest BCUT2D eigenvalue weighted by Crippen LogP contribution is -2.24. The number of allylic oxidation sites excluding steroid dienone is 2. The van der Waals surface area contributed by atoms with E-state index in [-0.39, 0.29) is 12.1 Å². The summed E-state index contributed by atoms with van der Waals surface area (Å²) in [6, 6.07) is 0. The molecule has 0 radical (unpaired) electrons. The Kier molecular flexibility index (Phi) is 19.5. The molecule has 0 saturated heterocycles. The van der Waals surface area contributed by atoms with Crippen molar-refractivity contribution in [1.82, 2.24) is 0 Å². The number of hydrogen-bond donors (Lipinski definition) is 1. The minimum atomic E-state index is -4.16. The zero-order valence-electron chi connectivity index (χ0n) is 17.9. The first-order valence-corrected chi connectivity index (χ1v) is 13.1. The van der Waals surface area contributed by atoms with Gasteiger partial charge in [-0.2, -0.15) is 0 Å². The summed E-state index contributed by atoms with van der Waals surface area (Å²) in [5.41, 5.74) is 0. The van der Waals surface area contributed by atoms with Crippen molar-refractivity contribution in [2.24, 2.45) is 4.99 Å². The fourth-order valence-corrected chi connectivity index (χ4v) is 3.68. The number of hydrogen-bond acceptors (Lipinski definition) is 5. The summed E-state index contributed by atoms with van der Waals surface area (Å²) in [6.45, 7) is 2.60. The van der Waals surface area contributed by atoms with Crippen LogP contribution in [0, 0.1) is 0 Å². The summed E-state index contributed by atoms with van der Waals surface area (Å²) in [7, 11) is -4.16. The fourth-order valence-electron chi connectivity index (χ4n) is 3.05. The van der Waals surface area contributed by atoms with E-state index >= 15 is 0 Å². The van der Waals surface area contributed by atoms with E-state index in [2.05, 4.69) is 24.1 Å². The summed E-state index contributed by atoms with van der Waals surface area (Å²) < 4.78 is 0. The molecule has 0 spiro atoms. The average molecular weight is 416 g/mol. The van der Waals surface area contributed by atoms with Gasteiger partial charge in [-0.15, -0.1) is 0 Å². The lowest BCUT2D eigenvalue weighted by atomic mass is 10.1. The van der Waals surface area contributed by atoms with Crippen molar-refractivity contribution in [3.63, 3.8) is 0 Å². The van der Waals surface area contributed by atoms with Crippen molar-refractivity contribution >= 4 is 13.8 Å². The minimum Gasteiger partial charge on any atom is -0.862 e. The molecule has 0 aromatic heterocycles. The van der Waals surface area contributed by atoms with Gasteiger partial charge in [0, 0.05) is 14.5 Å². The van der Waals surface area contributed by atoms with Crippen LogP contribution >= 0.6 is 7.94 Å². The van der Waals surface area contributed by atoms with Crippen LogP contribution in [0.2, 0.25) is 0 Å². The van der Waals surface area contributed by atoms with Gasteiger partial charge in [0.05, 0.1) is 6.16 Å². The van der Waals surface area contributed by atoms with Gasteiger partial charge >= 0.3 is 0 Å². The number of nitrogens with zero attached hydrogens (tertiary/aromatic N) is 1.